The fourth-order valence-electron chi connectivity index (χ4n) is 11.1. The highest BCUT2D eigenvalue weighted by atomic mass is 19.2. The summed E-state index contributed by atoms with van der Waals surface area (Å²) < 4.78 is 64.7. The van der Waals surface area contributed by atoms with E-state index in [1.54, 1.807) is 12.1 Å². The Balaban J connectivity index is 1.18. The number of ether oxygens (including phenoxy) is 1. The third-order valence-corrected chi connectivity index (χ3v) is 14.2. The number of halogens is 4. The molecule has 4 aliphatic carbocycles. The fourth-order valence-corrected chi connectivity index (χ4v) is 11.1. The van der Waals surface area contributed by atoms with Crippen LogP contribution in [0.25, 0.3) is 0 Å². The highest BCUT2D eigenvalue weighted by molar-refractivity contribution is 5.45. The van der Waals surface area contributed by atoms with Crippen LogP contribution in [0.3, 0.4) is 0 Å². The number of unbranched alkanes of at least 4 members (excludes halogenated alkanes) is 6. The molecule has 0 radical (unpaired) electrons. The molecular weight excluding hydrogens is 693 g/mol. The van der Waals surface area contributed by atoms with E-state index in [0.29, 0.717) is 13.2 Å². The van der Waals surface area contributed by atoms with E-state index in [-0.39, 0.29) is 22.7 Å². The molecule has 0 amide bonds. The number of benzene rings is 2. The molecule has 0 spiro atoms. The van der Waals surface area contributed by atoms with Crippen LogP contribution in [-0.2, 0) is 15.6 Å². The molecule has 0 bridgehead atoms. The summed E-state index contributed by atoms with van der Waals surface area (Å²) in [6, 6.07) is 9.08. The van der Waals surface area contributed by atoms with E-state index in [2.05, 4.69) is 62.5 Å². The molecule has 2 aromatic rings. The average molecular weight is 759 g/mol. The van der Waals surface area contributed by atoms with Gasteiger partial charge in [0.15, 0.2) is 23.3 Å². The van der Waals surface area contributed by atoms with Crippen molar-refractivity contribution in [1.29, 1.82) is 0 Å². The minimum Gasteiger partial charge on any atom is -0.380 e. The Morgan fingerprint density at radius 1 is 0.491 bits per heavy atom. The smallest absolute Gasteiger partial charge is 0.159 e. The van der Waals surface area contributed by atoms with Gasteiger partial charge < -0.3 is 4.74 Å². The van der Waals surface area contributed by atoms with Crippen LogP contribution in [0, 0.1) is 45.9 Å². The van der Waals surface area contributed by atoms with Gasteiger partial charge in [-0.1, -0.05) is 164 Å². The van der Waals surface area contributed by atoms with E-state index < -0.39 is 34.1 Å². The molecule has 2 fully saturated rings. The predicted molar refractivity (Wildman–Crippen MR) is 219 cm³/mol. The zero-order valence-corrected chi connectivity index (χ0v) is 33.7. The fraction of sp³-hybridized carbons (Fsp3) is 0.600. The van der Waals surface area contributed by atoms with E-state index in [0.717, 1.165) is 88.2 Å². The SMILES string of the molecule is CCCCCCC1(C2(c3ccc(F)c(F)c3)C=CC(COCC3C=CC(c4ccc(F)c(F)c4)(C4(CCCCCC)CCCCC4)C=C3)C=C2)CCCCC1. The normalized spacial score (nSPS) is 27.1. The molecule has 0 N–H and O–H groups in total. The van der Waals surface area contributed by atoms with Crippen molar-refractivity contribution in [3.8, 4) is 0 Å². The van der Waals surface area contributed by atoms with Gasteiger partial charge in [-0.2, -0.15) is 0 Å². The first-order valence-electron chi connectivity index (χ1n) is 22.0. The molecule has 2 saturated carbocycles. The highest BCUT2D eigenvalue weighted by Gasteiger charge is 2.51. The minimum atomic E-state index is -0.802. The van der Waals surface area contributed by atoms with Crippen molar-refractivity contribution < 1.29 is 22.3 Å². The summed E-state index contributed by atoms with van der Waals surface area (Å²) in [4.78, 5) is 0. The van der Waals surface area contributed by atoms with Gasteiger partial charge in [0.05, 0.1) is 13.2 Å². The Hall–Kier alpha value is -2.92. The standard InChI is InChI=1S/C50H66F4O/c1-3-5-7-11-25-47(27-13-9-14-28-47)49(41-17-19-43(51)45(53)35-41)31-21-39(22-32-49)37-55-38-40-23-33-50(34-24-40,42-18-20-44(52)46(54)36-42)48(26-12-8-6-4-2)29-15-10-16-30-48/h17-24,31-36,39-40H,3-16,25-30,37-38H2,1-2H3. The largest absolute Gasteiger partial charge is 0.380 e. The van der Waals surface area contributed by atoms with Crippen LogP contribution in [0.5, 0.6) is 0 Å². The second-order valence-corrected chi connectivity index (χ2v) is 17.6. The van der Waals surface area contributed by atoms with Gasteiger partial charge in [0.25, 0.3) is 0 Å². The summed E-state index contributed by atoms with van der Waals surface area (Å²) in [5.41, 5.74) is 0.636. The summed E-state index contributed by atoms with van der Waals surface area (Å²) in [6.07, 6.45) is 41.3. The van der Waals surface area contributed by atoms with E-state index in [1.165, 1.54) is 75.6 Å². The molecule has 55 heavy (non-hydrogen) atoms. The first-order chi connectivity index (χ1) is 26.7. The Morgan fingerprint density at radius 3 is 1.22 bits per heavy atom. The lowest BCUT2D eigenvalue weighted by Crippen LogP contribution is -2.46. The zero-order chi connectivity index (χ0) is 38.8. The van der Waals surface area contributed by atoms with Gasteiger partial charge in [0, 0.05) is 22.7 Å². The predicted octanol–water partition coefficient (Wildman–Crippen LogP) is 14.8. The third kappa shape index (κ3) is 8.98. The van der Waals surface area contributed by atoms with Gasteiger partial charge in [-0.05, 0) is 84.7 Å². The lowest BCUT2D eigenvalue weighted by atomic mass is 9.51. The molecule has 5 heteroatoms. The van der Waals surface area contributed by atoms with Crippen LogP contribution in [0.15, 0.2) is 85.0 Å². The van der Waals surface area contributed by atoms with Crippen molar-refractivity contribution >= 4 is 0 Å². The first kappa shape index (κ1) is 41.7. The van der Waals surface area contributed by atoms with Crippen molar-refractivity contribution in [3.05, 3.63) is 119 Å². The van der Waals surface area contributed by atoms with Crippen molar-refractivity contribution in [2.45, 2.75) is 153 Å². The zero-order valence-electron chi connectivity index (χ0n) is 33.7. The number of allylic oxidation sites excluding steroid dienone is 4. The number of hydrogen-bond acceptors (Lipinski definition) is 1. The van der Waals surface area contributed by atoms with Gasteiger partial charge in [0.1, 0.15) is 0 Å². The van der Waals surface area contributed by atoms with Crippen LogP contribution < -0.4 is 0 Å². The van der Waals surface area contributed by atoms with E-state index in [9.17, 15) is 17.6 Å². The van der Waals surface area contributed by atoms with Crippen LogP contribution >= 0.6 is 0 Å². The van der Waals surface area contributed by atoms with Gasteiger partial charge >= 0.3 is 0 Å². The molecule has 4 aliphatic rings. The molecule has 0 atom stereocenters. The average Bonchev–Trinajstić information content (AvgIpc) is 3.21. The van der Waals surface area contributed by atoms with Crippen LogP contribution in [0.1, 0.15) is 153 Å². The maximum absolute atomic E-state index is 14.9. The molecule has 300 valence electrons. The molecular formula is C50H66F4O. The minimum absolute atomic E-state index is 0.0363. The number of rotatable bonds is 18. The quantitative estimate of drug-likeness (QED) is 0.0836. The Morgan fingerprint density at radius 2 is 0.873 bits per heavy atom. The second-order valence-electron chi connectivity index (χ2n) is 17.6. The topological polar surface area (TPSA) is 9.23 Å². The van der Waals surface area contributed by atoms with E-state index in [4.69, 9.17) is 4.74 Å². The summed E-state index contributed by atoms with van der Waals surface area (Å²) in [5, 5.41) is 0. The van der Waals surface area contributed by atoms with Crippen LogP contribution in [-0.4, -0.2) is 13.2 Å². The summed E-state index contributed by atoms with van der Waals surface area (Å²) in [7, 11) is 0. The van der Waals surface area contributed by atoms with Crippen molar-refractivity contribution in [3.63, 3.8) is 0 Å². The number of hydrogen-bond donors (Lipinski definition) is 0. The molecule has 6 rings (SSSR count). The van der Waals surface area contributed by atoms with Gasteiger partial charge in [-0.25, -0.2) is 17.6 Å². The van der Waals surface area contributed by atoms with Crippen LogP contribution in [0.2, 0.25) is 0 Å². The van der Waals surface area contributed by atoms with Gasteiger partial charge in [-0.15, -0.1) is 0 Å². The maximum atomic E-state index is 14.9. The van der Waals surface area contributed by atoms with Crippen molar-refractivity contribution in [2.75, 3.05) is 13.2 Å². The molecule has 0 saturated heterocycles. The first-order valence-corrected chi connectivity index (χ1v) is 22.0. The molecule has 0 unspecified atom stereocenters. The highest BCUT2D eigenvalue weighted by Crippen LogP contribution is 2.59. The third-order valence-electron chi connectivity index (χ3n) is 14.2. The van der Waals surface area contributed by atoms with Crippen molar-refractivity contribution in [2.24, 2.45) is 22.7 Å². The lowest BCUT2D eigenvalue weighted by molar-refractivity contribution is 0.0920. The van der Waals surface area contributed by atoms with Gasteiger partial charge in [-0.3, -0.25) is 0 Å². The molecule has 0 aromatic heterocycles. The maximum Gasteiger partial charge on any atom is 0.159 e. The Bertz CT molecular complexity index is 1510. The molecule has 0 heterocycles. The van der Waals surface area contributed by atoms with Gasteiger partial charge in [0.2, 0.25) is 0 Å². The molecule has 0 aliphatic heterocycles. The van der Waals surface area contributed by atoms with E-state index in [1.807, 2.05) is 0 Å². The molecule has 1 nitrogen and oxygen atoms in total. The van der Waals surface area contributed by atoms with E-state index >= 15 is 0 Å². The molecule has 2 aromatic carbocycles. The van der Waals surface area contributed by atoms with Crippen molar-refractivity contribution in [1.82, 2.24) is 0 Å². The monoisotopic (exact) mass is 759 g/mol. The summed E-state index contributed by atoms with van der Waals surface area (Å²) in [5.74, 6) is -3.02. The Labute approximate surface area is 329 Å². The second kappa shape index (κ2) is 19.0. The summed E-state index contributed by atoms with van der Waals surface area (Å²) in [6.45, 7) is 5.53. The Kier molecular flexibility index (Phi) is 14.4. The lowest BCUT2D eigenvalue weighted by Gasteiger charge is -2.52. The van der Waals surface area contributed by atoms with Crippen LogP contribution in [0.4, 0.5) is 17.6 Å². The summed E-state index contributed by atoms with van der Waals surface area (Å²) >= 11 is 0.